The van der Waals surface area contributed by atoms with Crippen molar-refractivity contribution in [3.63, 3.8) is 0 Å². The molecule has 0 aliphatic carbocycles. The minimum atomic E-state index is -0.486. The van der Waals surface area contributed by atoms with Crippen molar-refractivity contribution >= 4 is 17.3 Å². The number of hydrogen-bond donors (Lipinski definition) is 1. The number of nitro benzene ring substituents is 1. The molecule has 1 aliphatic rings. The summed E-state index contributed by atoms with van der Waals surface area (Å²) in [5.74, 6) is 0.303. The smallest absolute Gasteiger partial charge is 0.270 e. The molecule has 0 saturated heterocycles. The van der Waals surface area contributed by atoms with Gasteiger partial charge < -0.3 is 10.1 Å². The van der Waals surface area contributed by atoms with Gasteiger partial charge in [0.25, 0.3) is 5.69 Å². The molecular formula is C11H10N2O4. The zero-order valence-electron chi connectivity index (χ0n) is 9.10. The van der Waals surface area contributed by atoms with Crippen molar-refractivity contribution in [2.75, 3.05) is 6.61 Å². The number of amides is 1. The van der Waals surface area contributed by atoms with E-state index in [1.807, 2.05) is 0 Å². The van der Waals surface area contributed by atoms with E-state index >= 15 is 0 Å². The third-order valence-corrected chi connectivity index (χ3v) is 2.30. The minimum Gasteiger partial charge on any atom is -0.489 e. The molecule has 6 nitrogen and oxygen atoms in total. The molecule has 88 valence electrons. The molecule has 0 unspecified atom stereocenters. The molecule has 0 bridgehead atoms. The Morgan fingerprint density at radius 3 is 2.94 bits per heavy atom. The highest BCUT2D eigenvalue weighted by Crippen LogP contribution is 2.31. The van der Waals surface area contributed by atoms with Crippen LogP contribution < -0.4 is 10.1 Å². The molecule has 1 N–H and O–H groups in total. The molecule has 0 atom stereocenters. The predicted molar refractivity (Wildman–Crippen MR) is 60.4 cm³/mol. The van der Waals surface area contributed by atoms with Gasteiger partial charge in [-0.15, -0.1) is 0 Å². The summed E-state index contributed by atoms with van der Waals surface area (Å²) in [5, 5.41) is 13.3. The van der Waals surface area contributed by atoms with E-state index < -0.39 is 4.92 Å². The van der Waals surface area contributed by atoms with Crippen molar-refractivity contribution in [1.82, 2.24) is 5.32 Å². The number of nitrogens with zero attached hydrogens (tertiary/aromatic N) is 1. The van der Waals surface area contributed by atoms with Crippen molar-refractivity contribution in [3.8, 4) is 5.75 Å². The minimum absolute atomic E-state index is 0.0366. The number of nitro groups is 1. The summed E-state index contributed by atoms with van der Waals surface area (Å²) in [4.78, 5) is 21.2. The second-order valence-electron chi connectivity index (χ2n) is 3.55. The van der Waals surface area contributed by atoms with E-state index in [-0.39, 0.29) is 11.6 Å². The van der Waals surface area contributed by atoms with Gasteiger partial charge in [0.05, 0.1) is 10.6 Å². The topological polar surface area (TPSA) is 81.5 Å². The lowest BCUT2D eigenvalue weighted by Gasteiger charge is -2.18. The van der Waals surface area contributed by atoms with Gasteiger partial charge in [0.15, 0.2) is 0 Å². The Bertz CT molecular complexity index is 522. The predicted octanol–water partition coefficient (Wildman–Crippen LogP) is 1.46. The Balaban J connectivity index is 2.43. The highest BCUT2D eigenvalue weighted by molar-refractivity contribution is 5.87. The molecule has 0 saturated carbocycles. The van der Waals surface area contributed by atoms with E-state index in [4.69, 9.17) is 4.74 Å². The number of fused-ring (bicyclic) bond motifs is 1. The van der Waals surface area contributed by atoms with Crippen LogP contribution in [-0.4, -0.2) is 17.4 Å². The number of carbonyl (C=O) groups is 1. The van der Waals surface area contributed by atoms with Gasteiger partial charge in [0.2, 0.25) is 5.91 Å². The fourth-order valence-electron chi connectivity index (χ4n) is 1.60. The molecule has 1 heterocycles. The summed E-state index contributed by atoms with van der Waals surface area (Å²) in [7, 11) is 0. The maximum Gasteiger partial charge on any atom is 0.270 e. The zero-order valence-corrected chi connectivity index (χ0v) is 9.10. The third-order valence-electron chi connectivity index (χ3n) is 2.30. The van der Waals surface area contributed by atoms with E-state index in [0.717, 1.165) is 0 Å². The van der Waals surface area contributed by atoms with Gasteiger partial charge in [-0.2, -0.15) is 0 Å². The number of carbonyl (C=O) groups excluding carboxylic acids is 1. The van der Waals surface area contributed by atoms with Gasteiger partial charge in [0, 0.05) is 24.6 Å². The van der Waals surface area contributed by atoms with Crippen LogP contribution in [0, 0.1) is 10.1 Å². The first-order valence-electron chi connectivity index (χ1n) is 4.97. The summed E-state index contributed by atoms with van der Waals surface area (Å²) in [6.07, 6.45) is 1.67. The van der Waals surface area contributed by atoms with Crippen LogP contribution in [0.1, 0.15) is 12.5 Å². The maximum atomic E-state index is 11.0. The lowest BCUT2D eigenvalue weighted by Crippen LogP contribution is -2.21. The van der Waals surface area contributed by atoms with Crippen molar-refractivity contribution in [3.05, 3.63) is 40.0 Å². The number of benzene rings is 1. The van der Waals surface area contributed by atoms with Crippen LogP contribution in [0.25, 0.3) is 5.70 Å². The van der Waals surface area contributed by atoms with Crippen LogP contribution in [-0.2, 0) is 4.79 Å². The number of rotatable bonds is 2. The Labute approximate surface area is 97.0 Å². The monoisotopic (exact) mass is 234 g/mol. The molecule has 0 aromatic heterocycles. The van der Waals surface area contributed by atoms with E-state index in [1.54, 1.807) is 6.08 Å². The lowest BCUT2D eigenvalue weighted by atomic mass is 10.1. The van der Waals surface area contributed by atoms with E-state index in [0.29, 0.717) is 23.6 Å². The number of nitrogens with one attached hydrogen (secondary N) is 1. The average molecular weight is 234 g/mol. The van der Waals surface area contributed by atoms with Crippen LogP contribution in [0.3, 0.4) is 0 Å². The Kier molecular flexibility index (Phi) is 2.78. The molecule has 0 fully saturated rings. The fourth-order valence-corrected chi connectivity index (χ4v) is 1.60. The first-order valence-corrected chi connectivity index (χ1v) is 4.97. The number of non-ortho nitro benzene ring substituents is 1. The van der Waals surface area contributed by atoms with Crippen molar-refractivity contribution < 1.29 is 14.5 Å². The molecule has 1 aliphatic heterocycles. The standard InChI is InChI=1S/C11H10N2O4/c1-7(14)12-10-4-5-17-11-3-2-8(13(15)16)6-9(10)11/h2-4,6H,5H2,1H3,(H,12,14). The third kappa shape index (κ3) is 2.25. The summed E-state index contributed by atoms with van der Waals surface area (Å²) >= 11 is 0. The second-order valence-corrected chi connectivity index (χ2v) is 3.55. The normalized spacial score (nSPS) is 13.1. The van der Waals surface area contributed by atoms with Gasteiger partial charge in [-0.3, -0.25) is 14.9 Å². The van der Waals surface area contributed by atoms with Gasteiger partial charge in [-0.05, 0) is 12.1 Å². The van der Waals surface area contributed by atoms with Crippen LogP contribution in [0.15, 0.2) is 24.3 Å². The first-order chi connectivity index (χ1) is 8.08. The van der Waals surface area contributed by atoms with Gasteiger partial charge in [0.1, 0.15) is 12.4 Å². The molecule has 0 radical (unpaired) electrons. The quantitative estimate of drug-likeness (QED) is 0.620. The summed E-state index contributed by atoms with van der Waals surface area (Å²) in [6.45, 7) is 1.72. The molecule has 1 amide bonds. The van der Waals surface area contributed by atoms with E-state index in [9.17, 15) is 14.9 Å². The van der Waals surface area contributed by atoms with Crippen LogP contribution >= 0.6 is 0 Å². The Morgan fingerprint density at radius 2 is 2.29 bits per heavy atom. The average Bonchev–Trinajstić information content (AvgIpc) is 2.28. The maximum absolute atomic E-state index is 11.0. The van der Waals surface area contributed by atoms with Gasteiger partial charge >= 0.3 is 0 Å². The Hall–Kier alpha value is -2.37. The van der Waals surface area contributed by atoms with Crippen LogP contribution in [0.4, 0.5) is 5.69 Å². The highest BCUT2D eigenvalue weighted by atomic mass is 16.6. The Morgan fingerprint density at radius 1 is 1.53 bits per heavy atom. The fraction of sp³-hybridized carbons (Fsp3) is 0.182. The SMILES string of the molecule is CC(=O)NC1=CCOc2ccc([N+](=O)[O-])cc21. The molecular weight excluding hydrogens is 224 g/mol. The largest absolute Gasteiger partial charge is 0.489 e. The molecule has 6 heteroatoms. The first kappa shape index (κ1) is 11.1. The van der Waals surface area contributed by atoms with Gasteiger partial charge in [-0.1, -0.05) is 0 Å². The molecule has 1 aromatic rings. The van der Waals surface area contributed by atoms with Crippen molar-refractivity contribution in [2.24, 2.45) is 0 Å². The molecule has 0 spiro atoms. The highest BCUT2D eigenvalue weighted by Gasteiger charge is 2.18. The lowest BCUT2D eigenvalue weighted by molar-refractivity contribution is -0.384. The van der Waals surface area contributed by atoms with Crippen molar-refractivity contribution in [1.29, 1.82) is 0 Å². The van der Waals surface area contributed by atoms with Gasteiger partial charge in [-0.25, -0.2) is 0 Å². The van der Waals surface area contributed by atoms with Crippen LogP contribution in [0.5, 0.6) is 5.75 Å². The number of hydrogen-bond acceptors (Lipinski definition) is 4. The molecule has 2 rings (SSSR count). The summed E-state index contributed by atoms with van der Waals surface area (Å²) < 4.78 is 5.32. The summed E-state index contributed by atoms with van der Waals surface area (Å²) in [5.41, 5.74) is 1.04. The second kappa shape index (κ2) is 4.25. The van der Waals surface area contributed by atoms with E-state index in [2.05, 4.69) is 5.32 Å². The van der Waals surface area contributed by atoms with E-state index in [1.165, 1.54) is 25.1 Å². The summed E-state index contributed by atoms with van der Waals surface area (Å²) in [6, 6.07) is 4.29. The molecule has 17 heavy (non-hydrogen) atoms. The molecule has 1 aromatic carbocycles. The number of ether oxygens (including phenoxy) is 1. The van der Waals surface area contributed by atoms with Crippen LogP contribution in [0.2, 0.25) is 0 Å². The zero-order chi connectivity index (χ0) is 12.4. The van der Waals surface area contributed by atoms with Crippen molar-refractivity contribution in [2.45, 2.75) is 6.92 Å².